The van der Waals surface area contributed by atoms with Crippen molar-refractivity contribution < 1.29 is 9.53 Å². The molecule has 0 spiro atoms. The summed E-state index contributed by atoms with van der Waals surface area (Å²) < 4.78 is 5.24. The summed E-state index contributed by atoms with van der Waals surface area (Å²) in [7, 11) is 1.56. The van der Waals surface area contributed by atoms with Crippen molar-refractivity contribution in [2.75, 3.05) is 53.0 Å². The molecule has 0 unspecified atom stereocenters. The van der Waals surface area contributed by atoms with Crippen molar-refractivity contribution in [3.63, 3.8) is 0 Å². The van der Waals surface area contributed by atoms with E-state index in [-0.39, 0.29) is 0 Å². The molecule has 2 N–H and O–H groups in total. The summed E-state index contributed by atoms with van der Waals surface area (Å²) in [5, 5.41) is 5.56. The molecular weight excluding hydrogens is 242 g/mol. The van der Waals surface area contributed by atoms with Gasteiger partial charge in [-0.05, 0) is 12.5 Å². The standard InChI is InChI=1S/C8H18N2O.C4H10.C2H5NO/c1-2-9-3-4-10-5-7-11-8-6-10;1-4(2)3;1-3-2-4/h9H,2-8H2,1H3;4H,1-3H3;2H,1H3,(H,3,4). The molecular formula is C14H33N3O2. The number of nitrogens with zero attached hydrogens (tertiary/aromatic N) is 1. The highest BCUT2D eigenvalue weighted by molar-refractivity contribution is 5.44. The summed E-state index contributed by atoms with van der Waals surface area (Å²) in [5.41, 5.74) is 0. The Morgan fingerprint density at radius 1 is 1.26 bits per heavy atom. The molecule has 5 heteroatoms. The Morgan fingerprint density at radius 3 is 2.11 bits per heavy atom. The van der Waals surface area contributed by atoms with Crippen molar-refractivity contribution >= 4 is 6.41 Å². The fourth-order valence-electron chi connectivity index (χ4n) is 1.24. The Labute approximate surface area is 119 Å². The molecule has 19 heavy (non-hydrogen) atoms. The second-order valence-electron chi connectivity index (χ2n) is 4.95. The lowest BCUT2D eigenvalue weighted by Crippen LogP contribution is -2.40. The molecule has 1 heterocycles. The summed E-state index contributed by atoms with van der Waals surface area (Å²) in [6.07, 6.45) is 0.625. The van der Waals surface area contributed by atoms with Gasteiger partial charge in [-0.15, -0.1) is 0 Å². The van der Waals surface area contributed by atoms with E-state index in [2.05, 4.69) is 43.2 Å². The van der Waals surface area contributed by atoms with Gasteiger partial charge in [-0.2, -0.15) is 0 Å². The summed E-state index contributed by atoms with van der Waals surface area (Å²) in [4.78, 5) is 11.5. The number of morpholine rings is 1. The van der Waals surface area contributed by atoms with Crippen LogP contribution < -0.4 is 10.6 Å². The Bertz CT molecular complexity index is 169. The Kier molecular flexibility index (Phi) is 18.9. The average Bonchev–Trinajstić information content (AvgIpc) is 2.40. The Balaban J connectivity index is 0. The van der Waals surface area contributed by atoms with Gasteiger partial charge in [0.2, 0.25) is 6.41 Å². The molecule has 116 valence electrons. The van der Waals surface area contributed by atoms with Crippen molar-refractivity contribution in [1.29, 1.82) is 0 Å². The fraction of sp³-hybridized carbons (Fsp3) is 0.929. The number of carbonyl (C=O) groups excluding carboxylic acids is 1. The van der Waals surface area contributed by atoms with Gasteiger partial charge in [-0.3, -0.25) is 9.69 Å². The van der Waals surface area contributed by atoms with Crippen LogP contribution in [0.25, 0.3) is 0 Å². The van der Waals surface area contributed by atoms with E-state index in [0.29, 0.717) is 6.41 Å². The lowest BCUT2D eigenvalue weighted by Gasteiger charge is -2.26. The summed E-state index contributed by atoms with van der Waals surface area (Å²) in [6.45, 7) is 16.0. The minimum atomic E-state index is 0.625. The zero-order valence-corrected chi connectivity index (χ0v) is 13.4. The molecule has 0 saturated carbocycles. The van der Waals surface area contributed by atoms with E-state index >= 15 is 0 Å². The topological polar surface area (TPSA) is 53.6 Å². The Morgan fingerprint density at radius 2 is 1.74 bits per heavy atom. The van der Waals surface area contributed by atoms with E-state index in [1.54, 1.807) is 7.05 Å². The molecule has 1 aliphatic rings. The van der Waals surface area contributed by atoms with Gasteiger partial charge in [0.05, 0.1) is 13.2 Å². The molecule has 1 fully saturated rings. The molecule has 0 aliphatic carbocycles. The first-order valence-corrected chi connectivity index (χ1v) is 7.20. The first-order valence-electron chi connectivity index (χ1n) is 7.20. The van der Waals surface area contributed by atoms with Crippen molar-refractivity contribution in [1.82, 2.24) is 15.5 Å². The van der Waals surface area contributed by atoms with Crippen LogP contribution in [0.5, 0.6) is 0 Å². The molecule has 0 aromatic heterocycles. The number of hydrogen-bond donors (Lipinski definition) is 2. The molecule has 0 aromatic rings. The SMILES string of the molecule is CC(C)C.CCNCCN1CCOCC1.CNC=O. The van der Waals surface area contributed by atoms with Gasteiger partial charge in [0, 0.05) is 33.2 Å². The lowest BCUT2D eigenvalue weighted by molar-refractivity contribution is -0.109. The third-order valence-corrected chi connectivity index (χ3v) is 2.08. The minimum Gasteiger partial charge on any atom is -0.379 e. The van der Waals surface area contributed by atoms with Crippen LogP contribution in [0.1, 0.15) is 27.7 Å². The molecule has 0 bridgehead atoms. The second-order valence-corrected chi connectivity index (χ2v) is 4.95. The highest BCUT2D eigenvalue weighted by atomic mass is 16.5. The zero-order chi connectivity index (χ0) is 14.9. The van der Waals surface area contributed by atoms with Crippen molar-refractivity contribution in [3.8, 4) is 0 Å². The van der Waals surface area contributed by atoms with Crippen LogP contribution in [0, 0.1) is 5.92 Å². The van der Waals surface area contributed by atoms with E-state index in [9.17, 15) is 0 Å². The van der Waals surface area contributed by atoms with Crippen LogP contribution in [0.15, 0.2) is 0 Å². The summed E-state index contributed by atoms with van der Waals surface area (Å²) >= 11 is 0. The van der Waals surface area contributed by atoms with Crippen molar-refractivity contribution in [3.05, 3.63) is 0 Å². The first kappa shape index (κ1) is 20.7. The maximum absolute atomic E-state index is 9.06. The van der Waals surface area contributed by atoms with Gasteiger partial charge in [-0.1, -0.05) is 27.7 Å². The van der Waals surface area contributed by atoms with Crippen molar-refractivity contribution in [2.24, 2.45) is 5.92 Å². The van der Waals surface area contributed by atoms with E-state index < -0.39 is 0 Å². The van der Waals surface area contributed by atoms with Crippen molar-refractivity contribution in [2.45, 2.75) is 27.7 Å². The number of carbonyl (C=O) groups is 1. The molecule has 5 nitrogen and oxygen atoms in total. The Hall–Kier alpha value is -0.650. The molecule has 0 radical (unpaired) electrons. The van der Waals surface area contributed by atoms with Crippen LogP contribution in [-0.4, -0.2) is 64.3 Å². The van der Waals surface area contributed by atoms with Crippen LogP contribution in [0.4, 0.5) is 0 Å². The number of hydrogen-bond acceptors (Lipinski definition) is 4. The zero-order valence-electron chi connectivity index (χ0n) is 13.4. The molecule has 0 atom stereocenters. The third-order valence-electron chi connectivity index (χ3n) is 2.08. The molecule has 0 aromatic carbocycles. The van der Waals surface area contributed by atoms with E-state index in [1.165, 1.54) is 0 Å². The highest BCUT2D eigenvalue weighted by Gasteiger charge is 2.08. The summed E-state index contributed by atoms with van der Waals surface area (Å²) in [5.74, 6) is 0.833. The average molecular weight is 275 g/mol. The second kappa shape index (κ2) is 17.4. The van der Waals surface area contributed by atoms with Gasteiger partial charge >= 0.3 is 0 Å². The highest BCUT2D eigenvalue weighted by Crippen LogP contribution is 1.94. The summed E-state index contributed by atoms with van der Waals surface area (Å²) in [6, 6.07) is 0. The lowest BCUT2D eigenvalue weighted by atomic mass is 10.3. The first-order chi connectivity index (χ1) is 9.08. The number of rotatable bonds is 5. The molecule has 1 aliphatic heterocycles. The predicted molar refractivity (Wildman–Crippen MR) is 81.4 cm³/mol. The van der Waals surface area contributed by atoms with E-state index in [4.69, 9.17) is 9.53 Å². The van der Waals surface area contributed by atoms with Gasteiger partial charge in [0.25, 0.3) is 0 Å². The van der Waals surface area contributed by atoms with Crippen LogP contribution >= 0.6 is 0 Å². The molecule has 1 rings (SSSR count). The number of nitrogens with one attached hydrogen (secondary N) is 2. The number of ether oxygens (including phenoxy) is 1. The van der Waals surface area contributed by atoms with E-state index in [1.807, 2.05) is 0 Å². The van der Waals surface area contributed by atoms with Gasteiger partial charge in [-0.25, -0.2) is 0 Å². The normalized spacial score (nSPS) is 14.8. The number of amides is 1. The number of likely N-dealkylation sites (N-methyl/N-ethyl adjacent to an activating group) is 1. The van der Waals surface area contributed by atoms with Gasteiger partial charge in [0.1, 0.15) is 0 Å². The smallest absolute Gasteiger partial charge is 0.206 e. The fourth-order valence-corrected chi connectivity index (χ4v) is 1.24. The monoisotopic (exact) mass is 275 g/mol. The molecule has 1 saturated heterocycles. The van der Waals surface area contributed by atoms with Gasteiger partial charge < -0.3 is 15.4 Å². The maximum atomic E-state index is 9.06. The largest absolute Gasteiger partial charge is 0.379 e. The van der Waals surface area contributed by atoms with Crippen LogP contribution in [0.3, 0.4) is 0 Å². The van der Waals surface area contributed by atoms with Gasteiger partial charge in [0.15, 0.2) is 0 Å². The predicted octanol–water partition coefficient (Wildman–Crippen LogP) is 0.953. The quantitative estimate of drug-likeness (QED) is 0.579. The van der Waals surface area contributed by atoms with Crippen LogP contribution in [0.2, 0.25) is 0 Å². The van der Waals surface area contributed by atoms with Crippen LogP contribution in [-0.2, 0) is 9.53 Å². The third kappa shape index (κ3) is 22.9. The molecule has 1 amide bonds. The van der Waals surface area contributed by atoms with E-state index in [0.717, 1.165) is 51.9 Å². The maximum Gasteiger partial charge on any atom is 0.206 e. The minimum absolute atomic E-state index is 0.625.